The molecule has 0 bridgehead atoms. The summed E-state index contributed by atoms with van der Waals surface area (Å²) in [5.41, 5.74) is 0. The van der Waals surface area contributed by atoms with Gasteiger partial charge in [0.1, 0.15) is 0 Å². The Kier molecular flexibility index (Phi) is 9.99. The molecule has 0 heterocycles. The minimum Gasteiger partial charge on any atom is -0.0651 e. The van der Waals surface area contributed by atoms with Crippen LogP contribution in [0, 0.1) is 53.3 Å². The average Bonchev–Trinajstić information content (AvgIpc) is 2.55. The second-order valence-corrected chi connectivity index (χ2v) is 8.78. The van der Waals surface area contributed by atoms with Crippen molar-refractivity contribution in [3.63, 3.8) is 0 Å². The molecule has 0 aliphatic carbocycles. The average molecular weight is 311 g/mol. The molecule has 8 atom stereocenters. The van der Waals surface area contributed by atoms with Gasteiger partial charge < -0.3 is 0 Å². The van der Waals surface area contributed by atoms with Crippen molar-refractivity contribution in [1.29, 1.82) is 0 Å². The van der Waals surface area contributed by atoms with Crippen LogP contribution in [0.15, 0.2) is 0 Å². The zero-order valence-electron chi connectivity index (χ0n) is 17.6. The minimum atomic E-state index is 0.808. The molecule has 0 amide bonds. The molecule has 0 radical (unpaired) electrons. The molecule has 0 saturated heterocycles. The van der Waals surface area contributed by atoms with Gasteiger partial charge >= 0.3 is 0 Å². The van der Waals surface area contributed by atoms with Gasteiger partial charge in [-0.2, -0.15) is 0 Å². The molecular formula is C22H46. The Morgan fingerprint density at radius 2 is 0.545 bits per heavy atom. The van der Waals surface area contributed by atoms with Crippen LogP contribution in [0.4, 0.5) is 0 Å². The molecule has 0 aromatic heterocycles. The van der Waals surface area contributed by atoms with E-state index in [9.17, 15) is 0 Å². The van der Waals surface area contributed by atoms with Crippen molar-refractivity contribution in [1.82, 2.24) is 0 Å². The molecule has 0 aliphatic heterocycles. The fraction of sp³-hybridized carbons (Fsp3) is 1.00. The van der Waals surface area contributed by atoms with Gasteiger partial charge in [0.2, 0.25) is 0 Å². The normalized spacial score (nSPS) is 24.7. The lowest BCUT2D eigenvalue weighted by Crippen LogP contribution is -2.33. The predicted octanol–water partition coefficient (Wildman–Crippen LogP) is 7.53. The molecule has 22 heavy (non-hydrogen) atoms. The Balaban J connectivity index is 4.82. The first-order valence-electron chi connectivity index (χ1n) is 10.1. The summed E-state index contributed by atoms with van der Waals surface area (Å²) in [6.45, 7) is 27.0. The van der Waals surface area contributed by atoms with Crippen LogP contribution in [0.3, 0.4) is 0 Å². The van der Waals surface area contributed by atoms with Crippen LogP contribution in [0.5, 0.6) is 0 Å². The Labute approximate surface area is 142 Å². The summed E-state index contributed by atoms with van der Waals surface area (Å²) < 4.78 is 0. The van der Waals surface area contributed by atoms with Crippen LogP contribution < -0.4 is 0 Å². The molecule has 0 spiro atoms. The standard InChI is InChI=1S/C22H46/c1-12-14(3)16(5)18(7)20(9)22(11)21(10)19(8)17(6)15(4)13-2/h14-22H,12-13H2,1-11H3. The highest BCUT2D eigenvalue weighted by atomic mass is 14.4. The first kappa shape index (κ1) is 22.0. The third kappa shape index (κ3) is 5.57. The van der Waals surface area contributed by atoms with Gasteiger partial charge in [-0.3, -0.25) is 0 Å². The van der Waals surface area contributed by atoms with E-state index in [1.165, 1.54) is 12.8 Å². The topological polar surface area (TPSA) is 0 Å². The number of hydrogen-bond acceptors (Lipinski definition) is 0. The van der Waals surface area contributed by atoms with Crippen molar-refractivity contribution >= 4 is 0 Å². The van der Waals surface area contributed by atoms with Crippen LogP contribution in [0.1, 0.15) is 89.0 Å². The molecule has 0 rings (SSSR count). The Morgan fingerprint density at radius 1 is 0.364 bits per heavy atom. The van der Waals surface area contributed by atoms with E-state index in [-0.39, 0.29) is 0 Å². The van der Waals surface area contributed by atoms with Gasteiger partial charge in [0.25, 0.3) is 0 Å². The van der Waals surface area contributed by atoms with Gasteiger partial charge in [-0.05, 0) is 53.3 Å². The van der Waals surface area contributed by atoms with Crippen LogP contribution in [-0.4, -0.2) is 0 Å². The van der Waals surface area contributed by atoms with Crippen molar-refractivity contribution in [2.45, 2.75) is 89.0 Å². The van der Waals surface area contributed by atoms with Crippen molar-refractivity contribution in [2.75, 3.05) is 0 Å². The lowest BCUT2D eigenvalue weighted by atomic mass is 9.66. The molecule has 0 saturated carbocycles. The molecule has 0 aromatic rings. The van der Waals surface area contributed by atoms with Gasteiger partial charge in [0, 0.05) is 0 Å². The molecule has 0 nitrogen and oxygen atoms in total. The van der Waals surface area contributed by atoms with Gasteiger partial charge in [-0.1, -0.05) is 89.0 Å². The maximum Gasteiger partial charge on any atom is -0.0386 e. The van der Waals surface area contributed by atoms with Crippen molar-refractivity contribution in [3.8, 4) is 0 Å². The maximum atomic E-state index is 2.51. The SMILES string of the molecule is CCC(C)C(C)C(C)C(C)C(C)C(C)C(C)C(C)C(C)CC. The van der Waals surface area contributed by atoms with Gasteiger partial charge in [-0.25, -0.2) is 0 Å². The fourth-order valence-corrected chi connectivity index (χ4v) is 4.17. The molecule has 0 N–H and O–H groups in total. The van der Waals surface area contributed by atoms with E-state index >= 15 is 0 Å². The van der Waals surface area contributed by atoms with E-state index in [1.807, 2.05) is 0 Å². The summed E-state index contributed by atoms with van der Waals surface area (Å²) in [4.78, 5) is 0. The summed E-state index contributed by atoms with van der Waals surface area (Å²) in [5, 5.41) is 0. The van der Waals surface area contributed by atoms with Crippen LogP contribution in [-0.2, 0) is 0 Å². The van der Waals surface area contributed by atoms with Gasteiger partial charge in [0.05, 0.1) is 0 Å². The van der Waals surface area contributed by atoms with Crippen molar-refractivity contribution in [2.24, 2.45) is 53.3 Å². The summed E-state index contributed by atoms with van der Waals surface area (Å²) in [6, 6.07) is 0. The van der Waals surface area contributed by atoms with E-state index in [1.54, 1.807) is 0 Å². The molecule has 0 aliphatic rings. The third-order valence-electron chi connectivity index (χ3n) is 8.06. The summed E-state index contributed by atoms with van der Waals surface area (Å²) in [6.07, 6.45) is 2.62. The monoisotopic (exact) mass is 310 g/mol. The largest absolute Gasteiger partial charge is 0.0651 e. The van der Waals surface area contributed by atoms with Crippen molar-refractivity contribution in [3.05, 3.63) is 0 Å². The highest BCUT2D eigenvalue weighted by Crippen LogP contribution is 2.40. The molecular weight excluding hydrogens is 264 g/mol. The maximum absolute atomic E-state index is 2.51. The van der Waals surface area contributed by atoms with Gasteiger partial charge in [-0.15, -0.1) is 0 Å². The first-order chi connectivity index (χ1) is 10.1. The summed E-state index contributed by atoms with van der Waals surface area (Å²) >= 11 is 0. The first-order valence-corrected chi connectivity index (χ1v) is 10.1. The van der Waals surface area contributed by atoms with E-state index < -0.39 is 0 Å². The van der Waals surface area contributed by atoms with E-state index in [0.717, 1.165) is 53.3 Å². The summed E-state index contributed by atoms with van der Waals surface area (Å²) in [5.74, 6) is 7.41. The van der Waals surface area contributed by atoms with E-state index in [0.29, 0.717) is 0 Å². The van der Waals surface area contributed by atoms with E-state index in [2.05, 4.69) is 76.2 Å². The smallest absolute Gasteiger partial charge is 0.0386 e. The Morgan fingerprint density at radius 3 is 0.727 bits per heavy atom. The number of rotatable bonds is 10. The minimum absolute atomic E-state index is 0.808. The Hall–Kier alpha value is 0. The van der Waals surface area contributed by atoms with Crippen LogP contribution in [0.25, 0.3) is 0 Å². The lowest BCUT2D eigenvalue weighted by molar-refractivity contribution is 0.0898. The molecule has 8 unspecified atom stereocenters. The number of hydrogen-bond donors (Lipinski definition) is 0. The second-order valence-electron chi connectivity index (χ2n) is 8.78. The molecule has 0 heteroatoms. The van der Waals surface area contributed by atoms with Crippen molar-refractivity contribution < 1.29 is 0 Å². The third-order valence-corrected chi connectivity index (χ3v) is 8.06. The zero-order chi connectivity index (χ0) is 17.6. The fourth-order valence-electron chi connectivity index (χ4n) is 4.17. The highest BCUT2D eigenvalue weighted by molar-refractivity contribution is 4.82. The molecule has 134 valence electrons. The summed E-state index contributed by atoms with van der Waals surface area (Å²) in [7, 11) is 0. The molecule has 0 fully saturated rings. The van der Waals surface area contributed by atoms with Crippen LogP contribution in [0.2, 0.25) is 0 Å². The quantitative estimate of drug-likeness (QED) is 0.391. The predicted molar refractivity (Wildman–Crippen MR) is 103 cm³/mol. The van der Waals surface area contributed by atoms with Crippen LogP contribution >= 0.6 is 0 Å². The Bertz CT molecular complexity index is 254. The molecule has 0 aromatic carbocycles. The van der Waals surface area contributed by atoms with Gasteiger partial charge in [0.15, 0.2) is 0 Å². The second kappa shape index (κ2) is 9.99. The lowest BCUT2D eigenvalue weighted by Gasteiger charge is -2.40. The highest BCUT2D eigenvalue weighted by Gasteiger charge is 2.33. The van der Waals surface area contributed by atoms with E-state index in [4.69, 9.17) is 0 Å². The zero-order valence-corrected chi connectivity index (χ0v) is 17.6.